The lowest BCUT2D eigenvalue weighted by molar-refractivity contribution is 0.439. The Morgan fingerprint density at radius 1 is 1.36 bits per heavy atom. The van der Waals surface area contributed by atoms with Crippen LogP contribution in [0.5, 0.6) is 0 Å². The highest BCUT2D eigenvalue weighted by Gasteiger charge is 2.19. The molecule has 1 N–H and O–H groups in total. The normalized spacial score (nSPS) is 18.1. The van der Waals surface area contributed by atoms with E-state index < -0.39 is 0 Å². The molecule has 2 rings (SSSR count). The summed E-state index contributed by atoms with van der Waals surface area (Å²) in [5.74, 6) is 0.722. The smallest absolute Gasteiger partial charge is 0.245 e. The van der Waals surface area contributed by atoms with Crippen molar-refractivity contribution in [2.45, 2.75) is 18.9 Å². The second kappa shape index (κ2) is 4.32. The molecule has 14 heavy (non-hydrogen) atoms. The summed E-state index contributed by atoms with van der Waals surface area (Å²) in [6, 6.07) is 0.542. The van der Waals surface area contributed by atoms with E-state index in [2.05, 4.69) is 25.4 Å². The zero-order chi connectivity index (χ0) is 9.80. The fourth-order valence-electron chi connectivity index (χ4n) is 1.76. The molecule has 1 aliphatic heterocycles. The van der Waals surface area contributed by atoms with Crippen LogP contribution >= 0.6 is 0 Å². The van der Waals surface area contributed by atoms with Crippen molar-refractivity contribution < 1.29 is 0 Å². The molecule has 1 saturated heterocycles. The van der Waals surface area contributed by atoms with Crippen molar-refractivity contribution in [1.29, 1.82) is 0 Å². The number of nitrogens with zero attached hydrogens (tertiary/aromatic N) is 4. The minimum atomic E-state index is 0.542. The molecular weight excluding hydrogens is 178 g/mol. The van der Waals surface area contributed by atoms with E-state index in [0.29, 0.717) is 6.04 Å². The highest BCUT2D eigenvalue weighted by molar-refractivity contribution is 5.27. The van der Waals surface area contributed by atoms with Crippen molar-refractivity contribution >= 4 is 5.95 Å². The van der Waals surface area contributed by atoms with Gasteiger partial charge in [-0.05, 0) is 25.9 Å². The van der Waals surface area contributed by atoms with Gasteiger partial charge in [0, 0.05) is 13.1 Å². The number of hydrogen-bond acceptors (Lipinski definition) is 5. The summed E-state index contributed by atoms with van der Waals surface area (Å²) in [4.78, 5) is 6.30. The van der Waals surface area contributed by atoms with E-state index in [4.69, 9.17) is 0 Å². The molecule has 2 heterocycles. The first-order chi connectivity index (χ1) is 6.88. The number of nitrogens with one attached hydrogen (secondary N) is 1. The Morgan fingerprint density at radius 2 is 2.14 bits per heavy atom. The van der Waals surface area contributed by atoms with Crippen LogP contribution in [0.1, 0.15) is 12.8 Å². The molecule has 0 amide bonds. The van der Waals surface area contributed by atoms with Crippen LogP contribution in [-0.2, 0) is 0 Å². The van der Waals surface area contributed by atoms with Gasteiger partial charge in [-0.25, -0.2) is 4.98 Å². The van der Waals surface area contributed by atoms with Crippen LogP contribution in [-0.4, -0.2) is 41.4 Å². The van der Waals surface area contributed by atoms with Crippen LogP contribution < -0.4 is 10.2 Å². The molecule has 0 unspecified atom stereocenters. The number of aromatic nitrogens is 3. The third kappa shape index (κ3) is 1.98. The zero-order valence-corrected chi connectivity index (χ0v) is 8.35. The maximum Gasteiger partial charge on any atom is 0.245 e. The summed E-state index contributed by atoms with van der Waals surface area (Å²) in [5.41, 5.74) is 0. The Labute approximate surface area is 83.6 Å². The first-order valence-electron chi connectivity index (χ1n) is 4.95. The molecule has 76 valence electrons. The molecule has 0 radical (unpaired) electrons. The number of anilines is 1. The summed E-state index contributed by atoms with van der Waals surface area (Å²) >= 11 is 0. The molecule has 0 bridgehead atoms. The van der Waals surface area contributed by atoms with Gasteiger partial charge in [0.05, 0.1) is 12.4 Å². The van der Waals surface area contributed by atoms with E-state index in [0.717, 1.165) is 31.9 Å². The average molecular weight is 193 g/mol. The van der Waals surface area contributed by atoms with E-state index >= 15 is 0 Å². The Balaban J connectivity index is 2.03. The molecule has 0 atom stereocenters. The predicted octanol–water partition coefficient (Wildman–Crippen LogP) is 0.0598. The molecule has 0 saturated carbocycles. The molecule has 5 heteroatoms. The lowest BCUT2D eigenvalue weighted by Crippen LogP contribution is -2.41. The summed E-state index contributed by atoms with van der Waals surface area (Å²) in [7, 11) is 2.03. The fraction of sp³-hybridized carbons (Fsp3) is 0.667. The second-order valence-corrected chi connectivity index (χ2v) is 3.53. The monoisotopic (exact) mass is 193 g/mol. The van der Waals surface area contributed by atoms with Gasteiger partial charge in [-0.2, -0.15) is 5.10 Å². The molecule has 1 aliphatic rings. The van der Waals surface area contributed by atoms with Crippen molar-refractivity contribution in [3.8, 4) is 0 Å². The Hall–Kier alpha value is -1.23. The Bertz CT molecular complexity index is 270. The topological polar surface area (TPSA) is 53.9 Å². The van der Waals surface area contributed by atoms with E-state index in [1.807, 2.05) is 7.05 Å². The van der Waals surface area contributed by atoms with Gasteiger partial charge in [-0.3, -0.25) is 0 Å². The third-order valence-electron chi connectivity index (χ3n) is 2.64. The first-order valence-corrected chi connectivity index (χ1v) is 4.95. The van der Waals surface area contributed by atoms with E-state index in [1.165, 1.54) is 0 Å². The minimum absolute atomic E-state index is 0.542. The summed E-state index contributed by atoms with van der Waals surface area (Å²) in [6.45, 7) is 2.16. The van der Waals surface area contributed by atoms with Crippen molar-refractivity contribution in [3.05, 3.63) is 12.4 Å². The summed E-state index contributed by atoms with van der Waals surface area (Å²) in [5, 5.41) is 11.2. The largest absolute Gasteiger partial charge is 0.340 e. The van der Waals surface area contributed by atoms with E-state index in [-0.39, 0.29) is 0 Å². The first kappa shape index (κ1) is 9.33. The molecule has 0 spiro atoms. The van der Waals surface area contributed by atoms with Gasteiger partial charge in [0.15, 0.2) is 0 Å². The highest BCUT2D eigenvalue weighted by atomic mass is 15.3. The molecule has 0 aliphatic carbocycles. The third-order valence-corrected chi connectivity index (χ3v) is 2.64. The molecule has 0 aromatic carbocycles. The quantitative estimate of drug-likeness (QED) is 0.719. The predicted molar refractivity (Wildman–Crippen MR) is 54.1 cm³/mol. The SMILES string of the molecule is CN(c1nccnn1)C1CCNCC1. The maximum absolute atomic E-state index is 4.19. The maximum atomic E-state index is 4.19. The standard InChI is InChI=1S/C9H15N5/c1-14(8-2-4-10-5-3-8)9-11-6-7-12-13-9/h6-8,10H,2-5H2,1H3. The summed E-state index contributed by atoms with van der Waals surface area (Å²) < 4.78 is 0. The second-order valence-electron chi connectivity index (χ2n) is 3.53. The van der Waals surface area contributed by atoms with Gasteiger partial charge in [0.25, 0.3) is 0 Å². The number of rotatable bonds is 2. The molecular formula is C9H15N5. The average Bonchev–Trinajstić information content (AvgIpc) is 2.30. The van der Waals surface area contributed by atoms with E-state index in [1.54, 1.807) is 12.4 Å². The lowest BCUT2D eigenvalue weighted by atomic mass is 10.1. The van der Waals surface area contributed by atoms with Crippen LogP contribution in [0.25, 0.3) is 0 Å². The zero-order valence-electron chi connectivity index (χ0n) is 8.35. The molecule has 1 fully saturated rings. The number of hydrogen-bond donors (Lipinski definition) is 1. The van der Waals surface area contributed by atoms with Gasteiger partial charge in [0.1, 0.15) is 0 Å². The van der Waals surface area contributed by atoms with Crippen molar-refractivity contribution in [1.82, 2.24) is 20.5 Å². The van der Waals surface area contributed by atoms with Gasteiger partial charge < -0.3 is 10.2 Å². The number of piperidine rings is 1. The van der Waals surface area contributed by atoms with Crippen LogP contribution in [0.4, 0.5) is 5.95 Å². The fourth-order valence-corrected chi connectivity index (χ4v) is 1.76. The van der Waals surface area contributed by atoms with Crippen molar-refractivity contribution in [2.24, 2.45) is 0 Å². The van der Waals surface area contributed by atoms with Gasteiger partial charge in [-0.1, -0.05) is 0 Å². The Morgan fingerprint density at radius 3 is 2.79 bits per heavy atom. The Kier molecular flexibility index (Phi) is 2.88. The molecule has 5 nitrogen and oxygen atoms in total. The van der Waals surface area contributed by atoms with Crippen LogP contribution in [0.2, 0.25) is 0 Å². The van der Waals surface area contributed by atoms with Crippen molar-refractivity contribution in [2.75, 3.05) is 25.0 Å². The highest BCUT2D eigenvalue weighted by Crippen LogP contribution is 2.14. The van der Waals surface area contributed by atoms with Gasteiger partial charge >= 0.3 is 0 Å². The van der Waals surface area contributed by atoms with Crippen LogP contribution in [0.3, 0.4) is 0 Å². The van der Waals surface area contributed by atoms with Gasteiger partial charge in [0.2, 0.25) is 5.95 Å². The summed E-state index contributed by atoms with van der Waals surface area (Å²) in [6.07, 6.45) is 5.57. The molecule has 1 aromatic rings. The molecule has 1 aromatic heterocycles. The minimum Gasteiger partial charge on any atom is -0.340 e. The van der Waals surface area contributed by atoms with E-state index in [9.17, 15) is 0 Å². The van der Waals surface area contributed by atoms with Crippen LogP contribution in [0.15, 0.2) is 12.4 Å². The van der Waals surface area contributed by atoms with Gasteiger partial charge in [-0.15, -0.1) is 5.10 Å². The van der Waals surface area contributed by atoms with Crippen molar-refractivity contribution in [3.63, 3.8) is 0 Å². The van der Waals surface area contributed by atoms with Crippen LogP contribution in [0, 0.1) is 0 Å². The lowest BCUT2D eigenvalue weighted by Gasteiger charge is -2.31.